The van der Waals surface area contributed by atoms with E-state index in [1.54, 1.807) is 6.20 Å². The van der Waals surface area contributed by atoms with Gasteiger partial charge in [0.15, 0.2) is 0 Å². The lowest BCUT2D eigenvalue weighted by Gasteiger charge is -2.18. The van der Waals surface area contributed by atoms with E-state index in [4.69, 9.17) is 0 Å². The first-order valence-corrected chi connectivity index (χ1v) is 7.61. The Morgan fingerprint density at radius 2 is 1.82 bits per heavy atom. The van der Waals surface area contributed by atoms with Crippen molar-refractivity contribution in [1.29, 1.82) is 0 Å². The third-order valence-corrected chi connectivity index (χ3v) is 4.16. The number of hydrogen-bond acceptors (Lipinski definition) is 4. The van der Waals surface area contributed by atoms with Crippen LogP contribution in [0.25, 0.3) is 22.3 Å². The van der Waals surface area contributed by atoms with E-state index in [1.807, 2.05) is 36.4 Å². The van der Waals surface area contributed by atoms with Crippen LogP contribution in [-0.2, 0) is 0 Å². The van der Waals surface area contributed by atoms with Gasteiger partial charge in [-0.25, -0.2) is 4.98 Å². The van der Waals surface area contributed by atoms with Gasteiger partial charge in [0.05, 0.1) is 11.4 Å². The maximum absolute atomic E-state index is 10.4. The molecule has 0 unspecified atom stereocenters. The topological polar surface area (TPSA) is 49.2 Å². The van der Waals surface area contributed by atoms with Crippen LogP contribution in [0.15, 0.2) is 48.7 Å². The summed E-state index contributed by atoms with van der Waals surface area (Å²) in [5.74, 6) is 0.234. The smallest absolute Gasteiger partial charge is 0.143 e. The standard InChI is InChI=1S/C18H17N3O/c22-17-12-14(21-9-3-4-10-21)11-13-6-7-16(20-18(13)17)15-5-1-2-8-19-15/h1-2,5-8,11-12,22H,3-4,9-10H2. The number of hydrogen-bond donors (Lipinski definition) is 1. The maximum Gasteiger partial charge on any atom is 0.143 e. The van der Waals surface area contributed by atoms with Crippen molar-refractivity contribution in [1.82, 2.24) is 9.97 Å². The minimum atomic E-state index is 0.234. The highest BCUT2D eigenvalue weighted by Gasteiger charge is 2.15. The van der Waals surface area contributed by atoms with Crippen LogP contribution in [-0.4, -0.2) is 28.2 Å². The summed E-state index contributed by atoms with van der Waals surface area (Å²) >= 11 is 0. The van der Waals surface area contributed by atoms with Crippen molar-refractivity contribution < 1.29 is 5.11 Å². The lowest BCUT2D eigenvalue weighted by atomic mass is 10.1. The van der Waals surface area contributed by atoms with Crippen LogP contribution in [0, 0.1) is 0 Å². The monoisotopic (exact) mass is 291 g/mol. The molecule has 1 N–H and O–H groups in total. The number of aromatic nitrogens is 2. The Labute approximate surface area is 129 Å². The van der Waals surface area contributed by atoms with Gasteiger partial charge >= 0.3 is 0 Å². The predicted octanol–water partition coefficient (Wildman–Crippen LogP) is 3.60. The molecule has 0 radical (unpaired) electrons. The molecule has 1 aliphatic heterocycles. The maximum atomic E-state index is 10.4. The van der Waals surface area contributed by atoms with E-state index in [2.05, 4.69) is 20.9 Å². The minimum Gasteiger partial charge on any atom is -0.506 e. The lowest BCUT2D eigenvalue weighted by Crippen LogP contribution is -2.17. The molecule has 1 aliphatic rings. The Morgan fingerprint density at radius 3 is 2.59 bits per heavy atom. The molecule has 110 valence electrons. The zero-order chi connectivity index (χ0) is 14.9. The second-order valence-corrected chi connectivity index (χ2v) is 5.64. The van der Waals surface area contributed by atoms with Crippen LogP contribution in [0.3, 0.4) is 0 Å². The normalized spacial score (nSPS) is 14.6. The number of benzene rings is 1. The van der Waals surface area contributed by atoms with Crippen LogP contribution in [0.4, 0.5) is 5.69 Å². The van der Waals surface area contributed by atoms with Gasteiger partial charge in [-0.2, -0.15) is 0 Å². The third-order valence-electron chi connectivity index (χ3n) is 4.16. The number of aromatic hydroxyl groups is 1. The molecular formula is C18H17N3O. The predicted molar refractivity (Wildman–Crippen MR) is 88.1 cm³/mol. The minimum absolute atomic E-state index is 0.234. The summed E-state index contributed by atoms with van der Waals surface area (Å²) in [6, 6.07) is 13.6. The molecule has 1 saturated heterocycles. The molecule has 0 atom stereocenters. The SMILES string of the molecule is Oc1cc(N2CCCC2)cc2ccc(-c3ccccn3)nc12. The van der Waals surface area contributed by atoms with Gasteiger partial charge in [-0.3, -0.25) is 4.98 Å². The average Bonchev–Trinajstić information content (AvgIpc) is 3.10. The summed E-state index contributed by atoms with van der Waals surface area (Å²) in [4.78, 5) is 11.2. The molecule has 3 aromatic rings. The second kappa shape index (κ2) is 5.30. The fourth-order valence-corrected chi connectivity index (χ4v) is 3.02. The number of nitrogens with zero attached hydrogens (tertiary/aromatic N) is 3. The molecule has 3 heterocycles. The molecule has 1 fully saturated rings. The Kier molecular flexibility index (Phi) is 3.15. The molecule has 0 amide bonds. The van der Waals surface area contributed by atoms with Crippen molar-refractivity contribution in [2.24, 2.45) is 0 Å². The molecule has 2 aromatic heterocycles. The molecule has 1 aromatic carbocycles. The molecular weight excluding hydrogens is 274 g/mol. The number of anilines is 1. The number of fused-ring (bicyclic) bond motifs is 1. The molecule has 0 aliphatic carbocycles. The molecule has 0 bridgehead atoms. The van der Waals surface area contributed by atoms with Gasteiger partial charge in [0.2, 0.25) is 0 Å². The summed E-state index contributed by atoms with van der Waals surface area (Å²) in [7, 11) is 0. The zero-order valence-corrected chi connectivity index (χ0v) is 12.2. The van der Waals surface area contributed by atoms with Gasteiger partial charge in [0, 0.05) is 36.4 Å². The first kappa shape index (κ1) is 13.1. The summed E-state index contributed by atoms with van der Waals surface area (Å²) < 4.78 is 0. The van der Waals surface area contributed by atoms with Gasteiger partial charge in [-0.1, -0.05) is 12.1 Å². The van der Waals surface area contributed by atoms with Crippen molar-refractivity contribution >= 4 is 16.6 Å². The lowest BCUT2D eigenvalue weighted by molar-refractivity contribution is 0.480. The van der Waals surface area contributed by atoms with Crippen LogP contribution >= 0.6 is 0 Å². The largest absolute Gasteiger partial charge is 0.506 e. The first-order chi connectivity index (χ1) is 10.8. The molecule has 0 saturated carbocycles. The van der Waals surface area contributed by atoms with Gasteiger partial charge < -0.3 is 10.0 Å². The highest BCUT2D eigenvalue weighted by molar-refractivity contribution is 5.89. The summed E-state index contributed by atoms with van der Waals surface area (Å²) in [6.07, 6.45) is 4.18. The van der Waals surface area contributed by atoms with Crippen LogP contribution in [0.2, 0.25) is 0 Å². The van der Waals surface area contributed by atoms with E-state index in [9.17, 15) is 5.11 Å². The highest BCUT2D eigenvalue weighted by atomic mass is 16.3. The molecule has 0 spiro atoms. The molecule has 22 heavy (non-hydrogen) atoms. The van der Waals surface area contributed by atoms with E-state index in [0.717, 1.165) is 35.6 Å². The van der Waals surface area contributed by atoms with Crippen molar-refractivity contribution in [3.05, 3.63) is 48.7 Å². The Bertz CT molecular complexity index is 811. The Morgan fingerprint density at radius 1 is 0.955 bits per heavy atom. The van der Waals surface area contributed by atoms with E-state index in [1.165, 1.54) is 12.8 Å². The second-order valence-electron chi connectivity index (χ2n) is 5.64. The van der Waals surface area contributed by atoms with Gasteiger partial charge in [-0.15, -0.1) is 0 Å². The number of phenolic OH excluding ortho intramolecular Hbond substituents is 1. The van der Waals surface area contributed by atoms with E-state index in [0.29, 0.717) is 5.52 Å². The van der Waals surface area contributed by atoms with Crippen molar-refractivity contribution in [2.75, 3.05) is 18.0 Å². The molecule has 4 rings (SSSR count). The summed E-state index contributed by atoms with van der Waals surface area (Å²) in [5, 5.41) is 11.3. The summed E-state index contributed by atoms with van der Waals surface area (Å²) in [5.41, 5.74) is 3.30. The van der Waals surface area contributed by atoms with Gasteiger partial charge in [0.1, 0.15) is 11.3 Å². The number of pyridine rings is 2. The van der Waals surface area contributed by atoms with E-state index < -0.39 is 0 Å². The summed E-state index contributed by atoms with van der Waals surface area (Å²) in [6.45, 7) is 2.12. The fraction of sp³-hybridized carbons (Fsp3) is 0.222. The van der Waals surface area contributed by atoms with Gasteiger partial charge in [0.25, 0.3) is 0 Å². The number of rotatable bonds is 2. The third kappa shape index (κ3) is 2.26. The Balaban J connectivity index is 1.80. The quantitative estimate of drug-likeness (QED) is 0.783. The van der Waals surface area contributed by atoms with Crippen LogP contribution in [0.1, 0.15) is 12.8 Å². The van der Waals surface area contributed by atoms with Crippen molar-refractivity contribution in [3.8, 4) is 17.1 Å². The Hall–Kier alpha value is -2.62. The van der Waals surface area contributed by atoms with E-state index >= 15 is 0 Å². The highest BCUT2D eigenvalue weighted by Crippen LogP contribution is 2.32. The van der Waals surface area contributed by atoms with Crippen molar-refractivity contribution in [2.45, 2.75) is 12.8 Å². The van der Waals surface area contributed by atoms with Crippen molar-refractivity contribution in [3.63, 3.8) is 0 Å². The van der Waals surface area contributed by atoms with Crippen LogP contribution < -0.4 is 4.90 Å². The van der Waals surface area contributed by atoms with Gasteiger partial charge in [-0.05, 0) is 37.1 Å². The molecule has 4 heteroatoms. The molecule has 4 nitrogen and oxygen atoms in total. The number of phenols is 1. The average molecular weight is 291 g/mol. The fourth-order valence-electron chi connectivity index (χ4n) is 3.02. The zero-order valence-electron chi connectivity index (χ0n) is 12.2. The first-order valence-electron chi connectivity index (χ1n) is 7.61. The van der Waals surface area contributed by atoms with Crippen LogP contribution in [0.5, 0.6) is 5.75 Å². The van der Waals surface area contributed by atoms with E-state index in [-0.39, 0.29) is 5.75 Å².